The van der Waals surface area contributed by atoms with Crippen molar-refractivity contribution >= 4 is 22.5 Å². The predicted molar refractivity (Wildman–Crippen MR) is 92.7 cm³/mol. The first-order valence-corrected chi connectivity index (χ1v) is 8.24. The molecule has 0 bridgehead atoms. The Balaban J connectivity index is 1.94. The molecule has 0 saturated carbocycles. The first-order valence-electron chi connectivity index (χ1n) is 8.24. The molecule has 0 fully saturated rings. The van der Waals surface area contributed by atoms with Crippen molar-refractivity contribution in [3.05, 3.63) is 53.6 Å². The number of aryl methyl sites for hydroxylation is 2. The molecule has 1 amide bonds. The van der Waals surface area contributed by atoms with Crippen LogP contribution in [0, 0.1) is 0 Å². The Morgan fingerprint density at radius 3 is 2.83 bits per heavy atom. The number of nitrogens with zero attached hydrogens (tertiary/aromatic N) is 2. The zero-order valence-electron chi connectivity index (χ0n) is 13.2. The van der Waals surface area contributed by atoms with Gasteiger partial charge in [0.15, 0.2) is 0 Å². The molecule has 3 nitrogen and oxygen atoms in total. The van der Waals surface area contributed by atoms with Gasteiger partial charge in [-0.15, -0.1) is 0 Å². The van der Waals surface area contributed by atoms with Gasteiger partial charge >= 0.3 is 0 Å². The van der Waals surface area contributed by atoms with Gasteiger partial charge in [0.25, 0.3) is 0 Å². The molecule has 0 spiro atoms. The van der Waals surface area contributed by atoms with Crippen molar-refractivity contribution in [3.8, 4) is 11.3 Å². The summed E-state index contributed by atoms with van der Waals surface area (Å²) in [5.74, 6) is 0.230. The van der Waals surface area contributed by atoms with Gasteiger partial charge in [-0.3, -0.25) is 4.79 Å². The molecule has 3 heteroatoms. The standard InChI is InChI=1S/C20H18N2O/c1-21-17-10-3-2-8-14(17)16-12-18(23)22-11-5-7-13-6-4-9-15(19(13)22)20(16)21/h2-4,6,8-10H,5,7,11-12H2,1H3. The maximum Gasteiger partial charge on any atom is 0.231 e. The largest absolute Gasteiger partial charge is 0.343 e. The van der Waals surface area contributed by atoms with Crippen LogP contribution in [0.3, 0.4) is 0 Å². The number of anilines is 1. The molecule has 23 heavy (non-hydrogen) atoms. The fourth-order valence-electron chi connectivity index (χ4n) is 4.33. The first kappa shape index (κ1) is 12.9. The third-order valence-corrected chi connectivity index (χ3v) is 5.31. The second-order valence-electron chi connectivity index (χ2n) is 6.54. The summed E-state index contributed by atoms with van der Waals surface area (Å²) in [4.78, 5) is 14.9. The number of amides is 1. The zero-order valence-corrected chi connectivity index (χ0v) is 13.2. The molecule has 1 aromatic heterocycles. The van der Waals surface area contributed by atoms with E-state index in [1.165, 1.54) is 33.3 Å². The van der Waals surface area contributed by atoms with Crippen molar-refractivity contribution < 1.29 is 4.79 Å². The summed E-state index contributed by atoms with van der Waals surface area (Å²) in [5, 5.41) is 1.20. The van der Waals surface area contributed by atoms with Gasteiger partial charge in [-0.2, -0.15) is 0 Å². The van der Waals surface area contributed by atoms with Gasteiger partial charge in [-0.25, -0.2) is 0 Å². The van der Waals surface area contributed by atoms with Crippen LogP contribution in [-0.4, -0.2) is 17.0 Å². The Bertz CT molecular complexity index is 967. The van der Waals surface area contributed by atoms with Gasteiger partial charge < -0.3 is 9.47 Å². The molecule has 0 radical (unpaired) electrons. The number of fused-ring (bicyclic) bond motifs is 4. The second kappa shape index (κ2) is 4.48. The van der Waals surface area contributed by atoms with E-state index in [9.17, 15) is 4.79 Å². The molecule has 3 aromatic rings. The number of carbonyl (C=O) groups excluding carboxylic acids is 1. The number of para-hydroxylation sites is 2. The Morgan fingerprint density at radius 2 is 1.91 bits per heavy atom. The first-order chi connectivity index (χ1) is 11.3. The highest BCUT2D eigenvalue weighted by Crippen LogP contribution is 2.44. The van der Waals surface area contributed by atoms with Crippen LogP contribution in [0.25, 0.3) is 22.2 Å². The number of hydrogen-bond donors (Lipinski definition) is 0. The van der Waals surface area contributed by atoms with Crippen molar-refractivity contribution in [1.29, 1.82) is 0 Å². The third kappa shape index (κ3) is 1.62. The quantitative estimate of drug-likeness (QED) is 0.622. The van der Waals surface area contributed by atoms with E-state index < -0.39 is 0 Å². The Morgan fingerprint density at radius 1 is 1.04 bits per heavy atom. The van der Waals surface area contributed by atoms with E-state index in [0.29, 0.717) is 6.42 Å². The van der Waals surface area contributed by atoms with E-state index in [1.54, 1.807) is 0 Å². The van der Waals surface area contributed by atoms with Gasteiger partial charge in [0.2, 0.25) is 5.91 Å². The van der Waals surface area contributed by atoms with E-state index in [0.717, 1.165) is 25.1 Å². The van der Waals surface area contributed by atoms with Crippen molar-refractivity contribution in [1.82, 2.24) is 4.57 Å². The molecular weight excluding hydrogens is 284 g/mol. The van der Waals surface area contributed by atoms with Crippen LogP contribution in [0.5, 0.6) is 0 Å². The smallest absolute Gasteiger partial charge is 0.231 e. The number of benzene rings is 2. The minimum Gasteiger partial charge on any atom is -0.343 e. The molecule has 0 atom stereocenters. The summed E-state index contributed by atoms with van der Waals surface area (Å²) in [6.45, 7) is 0.842. The highest BCUT2D eigenvalue weighted by Gasteiger charge is 2.32. The zero-order chi connectivity index (χ0) is 15.6. The van der Waals surface area contributed by atoms with Crippen molar-refractivity contribution in [3.63, 3.8) is 0 Å². The van der Waals surface area contributed by atoms with Crippen LogP contribution in [0.1, 0.15) is 17.5 Å². The van der Waals surface area contributed by atoms with Crippen molar-refractivity contribution in [2.45, 2.75) is 19.3 Å². The van der Waals surface area contributed by atoms with E-state index in [4.69, 9.17) is 0 Å². The van der Waals surface area contributed by atoms with E-state index in [2.05, 4.69) is 54.1 Å². The summed E-state index contributed by atoms with van der Waals surface area (Å²) in [7, 11) is 2.11. The normalized spacial score (nSPS) is 16.2. The number of carbonyl (C=O) groups is 1. The molecule has 2 aliphatic rings. The Labute approximate surface area is 135 Å². The molecule has 114 valence electrons. The Hall–Kier alpha value is -2.55. The lowest BCUT2D eigenvalue weighted by atomic mass is 9.96. The summed E-state index contributed by atoms with van der Waals surface area (Å²) in [6.07, 6.45) is 2.61. The van der Waals surface area contributed by atoms with Gasteiger partial charge in [0.1, 0.15) is 0 Å². The fraction of sp³-hybridized carbons (Fsp3) is 0.250. The average Bonchev–Trinajstić information content (AvgIpc) is 2.78. The van der Waals surface area contributed by atoms with Crippen LogP contribution < -0.4 is 4.90 Å². The van der Waals surface area contributed by atoms with Gasteiger partial charge in [0.05, 0.1) is 17.8 Å². The second-order valence-corrected chi connectivity index (χ2v) is 6.54. The third-order valence-electron chi connectivity index (χ3n) is 5.31. The van der Waals surface area contributed by atoms with E-state index in [-0.39, 0.29) is 5.91 Å². The lowest BCUT2D eigenvalue weighted by molar-refractivity contribution is -0.118. The van der Waals surface area contributed by atoms with Gasteiger partial charge in [-0.05, 0) is 30.0 Å². The van der Waals surface area contributed by atoms with E-state index in [1.807, 2.05) is 4.90 Å². The molecule has 2 aromatic carbocycles. The molecule has 2 aliphatic heterocycles. The van der Waals surface area contributed by atoms with E-state index >= 15 is 0 Å². The lowest BCUT2D eigenvalue weighted by Gasteiger charge is -2.30. The van der Waals surface area contributed by atoms with Crippen molar-refractivity contribution in [2.75, 3.05) is 11.4 Å². The van der Waals surface area contributed by atoms with Crippen LogP contribution in [-0.2, 0) is 24.7 Å². The summed E-state index contributed by atoms with van der Waals surface area (Å²) in [6, 6.07) is 14.9. The van der Waals surface area contributed by atoms with Crippen LogP contribution in [0.2, 0.25) is 0 Å². The monoisotopic (exact) mass is 302 g/mol. The SMILES string of the molecule is Cn1c2c(c3ccccc31)CC(=O)N1CCCc3cccc-2c31. The molecule has 5 rings (SSSR count). The van der Waals surface area contributed by atoms with Crippen LogP contribution >= 0.6 is 0 Å². The highest BCUT2D eigenvalue weighted by atomic mass is 16.2. The number of hydrogen-bond acceptors (Lipinski definition) is 1. The van der Waals surface area contributed by atoms with Gasteiger partial charge in [-0.1, -0.05) is 36.4 Å². The molecule has 0 aliphatic carbocycles. The van der Waals surface area contributed by atoms with Gasteiger partial charge in [0, 0.05) is 30.1 Å². The molecular formula is C20H18N2O. The Kier molecular flexibility index (Phi) is 2.52. The molecule has 0 saturated heterocycles. The fourth-order valence-corrected chi connectivity index (χ4v) is 4.33. The van der Waals surface area contributed by atoms with Crippen LogP contribution in [0.4, 0.5) is 5.69 Å². The number of rotatable bonds is 0. The van der Waals surface area contributed by atoms with Crippen LogP contribution in [0.15, 0.2) is 42.5 Å². The molecule has 0 unspecified atom stereocenters. The maximum absolute atomic E-state index is 12.9. The molecule has 3 heterocycles. The lowest BCUT2D eigenvalue weighted by Crippen LogP contribution is -2.35. The summed E-state index contributed by atoms with van der Waals surface area (Å²) in [5.41, 5.74) is 7.25. The molecule has 0 N–H and O–H groups in total. The predicted octanol–water partition coefficient (Wildman–Crippen LogP) is 3.68. The number of aromatic nitrogens is 1. The maximum atomic E-state index is 12.9. The summed E-state index contributed by atoms with van der Waals surface area (Å²) < 4.78 is 2.26. The van der Waals surface area contributed by atoms with Crippen molar-refractivity contribution in [2.24, 2.45) is 7.05 Å². The highest BCUT2D eigenvalue weighted by molar-refractivity contribution is 6.07. The topological polar surface area (TPSA) is 25.2 Å². The average molecular weight is 302 g/mol. The minimum atomic E-state index is 0.230. The minimum absolute atomic E-state index is 0.230. The summed E-state index contributed by atoms with van der Waals surface area (Å²) >= 11 is 0.